The zero-order valence-electron chi connectivity index (χ0n) is 14.5. The molecule has 0 aromatic heterocycles. The average Bonchev–Trinajstić information content (AvgIpc) is 2.54. The van der Waals surface area contributed by atoms with Crippen molar-refractivity contribution in [3.8, 4) is 0 Å². The van der Waals surface area contributed by atoms with E-state index < -0.39 is 5.97 Å². The molecule has 0 radical (unpaired) electrons. The van der Waals surface area contributed by atoms with Crippen LogP contribution in [0.25, 0.3) is 0 Å². The summed E-state index contributed by atoms with van der Waals surface area (Å²) < 4.78 is 0. The fraction of sp³-hybridized carbons (Fsp3) is 0.812. The van der Waals surface area contributed by atoms with Crippen molar-refractivity contribution in [2.75, 3.05) is 39.3 Å². The Morgan fingerprint density at radius 3 is 2.30 bits per heavy atom. The van der Waals surface area contributed by atoms with E-state index in [2.05, 4.69) is 0 Å². The number of carbonyl (C=O) groups is 3. The largest absolute Gasteiger partial charge is 0.480 e. The Bertz CT molecular complexity index is 424. The molecule has 0 bridgehead atoms. The summed E-state index contributed by atoms with van der Waals surface area (Å²) >= 11 is 0. The Morgan fingerprint density at radius 1 is 1.13 bits per heavy atom. The monoisotopic (exact) mass is 327 g/mol. The first-order valence-electron chi connectivity index (χ1n) is 8.48. The summed E-state index contributed by atoms with van der Waals surface area (Å²) in [6, 6.07) is -0.0345. The van der Waals surface area contributed by atoms with Crippen LogP contribution in [-0.2, 0) is 9.59 Å². The SMILES string of the molecule is CCCN(CC(=O)O)C(=O)C1CCCN(C(=O)N(CC)CC)C1. The molecule has 1 fully saturated rings. The van der Waals surface area contributed by atoms with E-state index >= 15 is 0 Å². The van der Waals surface area contributed by atoms with Crippen molar-refractivity contribution in [3.63, 3.8) is 0 Å². The first kappa shape index (κ1) is 19.3. The maximum absolute atomic E-state index is 12.6. The van der Waals surface area contributed by atoms with Crippen molar-refractivity contribution in [3.05, 3.63) is 0 Å². The van der Waals surface area contributed by atoms with Crippen LogP contribution in [0.15, 0.2) is 0 Å². The van der Waals surface area contributed by atoms with Gasteiger partial charge in [0, 0.05) is 32.7 Å². The molecule has 0 aromatic rings. The zero-order chi connectivity index (χ0) is 17.4. The molecule has 1 rings (SSSR count). The Hall–Kier alpha value is -1.79. The second kappa shape index (κ2) is 9.37. The van der Waals surface area contributed by atoms with Crippen LogP contribution < -0.4 is 0 Å². The first-order valence-corrected chi connectivity index (χ1v) is 8.48. The van der Waals surface area contributed by atoms with E-state index in [1.807, 2.05) is 20.8 Å². The number of piperidine rings is 1. The molecule has 1 saturated heterocycles. The highest BCUT2D eigenvalue weighted by Crippen LogP contribution is 2.20. The third-order valence-corrected chi connectivity index (χ3v) is 4.21. The fourth-order valence-corrected chi connectivity index (χ4v) is 3.01. The summed E-state index contributed by atoms with van der Waals surface area (Å²) in [6.07, 6.45) is 2.20. The van der Waals surface area contributed by atoms with Crippen molar-refractivity contribution < 1.29 is 19.5 Å². The van der Waals surface area contributed by atoms with Gasteiger partial charge in [-0.25, -0.2) is 4.79 Å². The van der Waals surface area contributed by atoms with Gasteiger partial charge in [-0.1, -0.05) is 6.92 Å². The topological polar surface area (TPSA) is 81.2 Å². The standard InChI is InChI=1S/C16H29N3O4/c1-4-9-18(12-14(20)21)15(22)13-8-7-10-19(11-13)16(23)17(5-2)6-3/h13H,4-12H2,1-3H3,(H,20,21). The Kier molecular flexibility index (Phi) is 7.85. The number of carboxylic acid groups (broad SMARTS) is 1. The molecule has 0 aliphatic carbocycles. The molecule has 0 saturated carbocycles. The lowest BCUT2D eigenvalue weighted by Gasteiger charge is -2.37. The van der Waals surface area contributed by atoms with Crippen LogP contribution in [0.2, 0.25) is 0 Å². The number of urea groups is 1. The molecule has 1 aliphatic heterocycles. The predicted octanol–water partition coefficient (Wildman–Crippen LogP) is 1.48. The van der Waals surface area contributed by atoms with Gasteiger partial charge < -0.3 is 19.8 Å². The second-order valence-electron chi connectivity index (χ2n) is 5.89. The number of aliphatic carboxylic acids is 1. The minimum absolute atomic E-state index is 0.0345. The quantitative estimate of drug-likeness (QED) is 0.768. The van der Waals surface area contributed by atoms with E-state index in [1.54, 1.807) is 9.80 Å². The highest BCUT2D eigenvalue weighted by atomic mass is 16.4. The lowest BCUT2D eigenvalue weighted by molar-refractivity contribution is -0.147. The number of amides is 3. The molecular formula is C16H29N3O4. The molecule has 0 spiro atoms. The maximum Gasteiger partial charge on any atom is 0.323 e. The van der Waals surface area contributed by atoms with Crippen LogP contribution in [0.4, 0.5) is 4.79 Å². The van der Waals surface area contributed by atoms with E-state index in [0.717, 1.165) is 6.42 Å². The molecule has 1 heterocycles. The normalized spacial score (nSPS) is 17.7. The Labute approximate surface area is 138 Å². The van der Waals surface area contributed by atoms with Crippen LogP contribution in [0.1, 0.15) is 40.0 Å². The molecule has 1 unspecified atom stereocenters. The van der Waals surface area contributed by atoms with E-state index in [-0.39, 0.29) is 24.4 Å². The number of likely N-dealkylation sites (tertiary alicyclic amines) is 1. The van der Waals surface area contributed by atoms with Crippen molar-refractivity contribution in [1.82, 2.24) is 14.7 Å². The van der Waals surface area contributed by atoms with Gasteiger partial charge in [-0.3, -0.25) is 9.59 Å². The average molecular weight is 327 g/mol. The highest BCUT2D eigenvalue weighted by molar-refractivity contribution is 5.84. The van der Waals surface area contributed by atoms with Crippen LogP contribution in [0.5, 0.6) is 0 Å². The molecule has 1 N–H and O–H groups in total. The fourth-order valence-electron chi connectivity index (χ4n) is 3.01. The number of carboxylic acids is 1. The summed E-state index contributed by atoms with van der Waals surface area (Å²) in [5.74, 6) is -1.45. The van der Waals surface area contributed by atoms with Crippen molar-refractivity contribution >= 4 is 17.9 Å². The zero-order valence-corrected chi connectivity index (χ0v) is 14.5. The molecule has 23 heavy (non-hydrogen) atoms. The van der Waals surface area contributed by atoms with Gasteiger partial charge in [-0.15, -0.1) is 0 Å². The predicted molar refractivity (Wildman–Crippen MR) is 87.1 cm³/mol. The van der Waals surface area contributed by atoms with E-state index in [4.69, 9.17) is 5.11 Å². The summed E-state index contributed by atoms with van der Waals surface area (Å²) in [6.45, 7) is 8.28. The summed E-state index contributed by atoms with van der Waals surface area (Å²) in [7, 11) is 0. The van der Waals surface area contributed by atoms with E-state index in [9.17, 15) is 14.4 Å². The first-order chi connectivity index (χ1) is 10.9. The van der Waals surface area contributed by atoms with Crippen LogP contribution in [0.3, 0.4) is 0 Å². The lowest BCUT2D eigenvalue weighted by atomic mass is 9.96. The number of hydrogen-bond acceptors (Lipinski definition) is 3. The molecule has 7 nitrogen and oxygen atoms in total. The maximum atomic E-state index is 12.6. The number of carbonyl (C=O) groups excluding carboxylic acids is 2. The summed E-state index contributed by atoms with van der Waals surface area (Å²) in [5, 5.41) is 8.97. The molecule has 132 valence electrons. The molecule has 0 aromatic carbocycles. The molecular weight excluding hydrogens is 298 g/mol. The molecule has 3 amide bonds. The van der Waals surface area contributed by atoms with Gasteiger partial charge in [-0.05, 0) is 33.1 Å². The molecule has 7 heteroatoms. The highest BCUT2D eigenvalue weighted by Gasteiger charge is 2.32. The summed E-state index contributed by atoms with van der Waals surface area (Å²) in [4.78, 5) is 40.9. The van der Waals surface area contributed by atoms with Crippen LogP contribution >= 0.6 is 0 Å². The minimum Gasteiger partial charge on any atom is -0.480 e. The van der Waals surface area contributed by atoms with Gasteiger partial charge in [0.15, 0.2) is 0 Å². The van der Waals surface area contributed by atoms with E-state index in [0.29, 0.717) is 45.6 Å². The van der Waals surface area contributed by atoms with Gasteiger partial charge in [-0.2, -0.15) is 0 Å². The Balaban J connectivity index is 2.73. The van der Waals surface area contributed by atoms with Gasteiger partial charge in [0.25, 0.3) is 0 Å². The second-order valence-corrected chi connectivity index (χ2v) is 5.89. The van der Waals surface area contributed by atoms with Crippen molar-refractivity contribution in [1.29, 1.82) is 0 Å². The van der Waals surface area contributed by atoms with E-state index in [1.165, 1.54) is 4.90 Å². The Morgan fingerprint density at radius 2 is 1.78 bits per heavy atom. The van der Waals surface area contributed by atoms with Crippen molar-refractivity contribution in [2.45, 2.75) is 40.0 Å². The third-order valence-electron chi connectivity index (χ3n) is 4.21. The van der Waals surface area contributed by atoms with Crippen LogP contribution in [0, 0.1) is 5.92 Å². The van der Waals surface area contributed by atoms with Crippen LogP contribution in [-0.4, -0.2) is 77.0 Å². The number of hydrogen-bond donors (Lipinski definition) is 1. The molecule has 1 atom stereocenters. The third kappa shape index (κ3) is 5.41. The van der Waals surface area contributed by atoms with Gasteiger partial charge >= 0.3 is 12.0 Å². The summed E-state index contributed by atoms with van der Waals surface area (Å²) in [5.41, 5.74) is 0. The van der Waals surface area contributed by atoms with Crippen molar-refractivity contribution in [2.24, 2.45) is 5.92 Å². The number of rotatable bonds is 7. The number of nitrogens with zero attached hydrogens (tertiary/aromatic N) is 3. The van der Waals surface area contributed by atoms with Gasteiger partial charge in [0.2, 0.25) is 5.91 Å². The molecule has 1 aliphatic rings. The van der Waals surface area contributed by atoms with Gasteiger partial charge in [0.1, 0.15) is 6.54 Å². The minimum atomic E-state index is -1.00. The van der Waals surface area contributed by atoms with Gasteiger partial charge in [0.05, 0.1) is 5.92 Å². The lowest BCUT2D eigenvalue weighted by Crippen LogP contribution is -2.51. The smallest absolute Gasteiger partial charge is 0.323 e.